The first-order chi connectivity index (χ1) is 18.5. The number of thiol groups is 1. The first kappa shape index (κ1) is 27.6. The number of carbonyl (C=O) groups is 1. The van der Waals surface area contributed by atoms with Gasteiger partial charge in [0.25, 0.3) is 0 Å². The van der Waals surface area contributed by atoms with Gasteiger partial charge >= 0.3 is 0 Å². The average Bonchev–Trinajstić information content (AvgIpc) is 3.59. The van der Waals surface area contributed by atoms with Crippen LogP contribution < -0.4 is 0 Å². The zero-order chi connectivity index (χ0) is 26.9. The van der Waals surface area contributed by atoms with Crippen LogP contribution in [0.25, 0.3) is 33.6 Å². The predicted molar refractivity (Wildman–Crippen MR) is 155 cm³/mol. The predicted octanol–water partition coefficient (Wildman–Crippen LogP) is 4.88. The lowest BCUT2D eigenvalue weighted by Crippen LogP contribution is -2.34. The highest BCUT2D eigenvalue weighted by Gasteiger charge is 2.15. The summed E-state index contributed by atoms with van der Waals surface area (Å²) < 4.78 is 5.01. The minimum Gasteiger partial charge on any atom is -0.375 e. The van der Waals surface area contributed by atoms with E-state index in [0.717, 1.165) is 70.6 Å². The molecule has 1 amide bonds. The number of rotatable bonds is 13. The highest BCUT2D eigenvalue weighted by atomic mass is 32.1. The van der Waals surface area contributed by atoms with Crippen LogP contribution in [0.5, 0.6) is 0 Å². The van der Waals surface area contributed by atoms with Gasteiger partial charge in [-0.25, -0.2) is 9.97 Å². The number of imidazole rings is 2. The van der Waals surface area contributed by atoms with Crippen LogP contribution in [0.1, 0.15) is 25.0 Å². The molecule has 4 rings (SSSR count). The van der Waals surface area contributed by atoms with Crippen LogP contribution in [0.15, 0.2) is 60.9 Å². The van der Waals surface area contributed by atoms with Crippen LogP contribution in [-0.4, -0.2) is 75.2 Å². The van der Waals surface area contributed by atoms with Crippen LogP contribution in [0.3, 0.4) is 0 Å². The van der Waals surface area contributed by atoms with Crippen molar-refractivity contribution in [3.8, 4) is 33.6 Å². The molecule has 0 aliphatic rings. The van der Waals surface area contributed by atoms with E-state index < -0.39 is 0 Å². The first-order valence-corrected chi connectivity index (χ1v) is 13.5. The Morgan fingerprint density at radius 2 is 1.34 bits per heavy atom. The molecule has 38 heavy (non-hydrogen) atoms. The Labute approximate surface area is 229 Å². The molecule has 8 nitrogen and oxygen atoms in total. The van der Waals surface area contributed by atoms with E-state index in [2.05, 4.69) is 100.0 Å². The minimum absolute atomic E-state index is 0.0347. The number of hydrogen-bond acceptors (Lipinski definition) is 6. The molecule has 2 aromatic carbocycles. The van der Waals surface area contributed by atoms with Gasteiger partial charge < -0.3 is 19.6 Å². The Morgan fingerprint density at radius 1 is 0.842 bits per heavy atom. The maximum atomic E-state index is 12.3. The summed E-state index contributed by atoms with van der Waals surface area (Å²) in [5.41, 5.74) is 6.36. The third kappa shape index (κ3) is 7.12. The molecule has 4 aromatic rings. The molecular formula is C29H36N6O2S. The van der Waals surface area contributed by atoms with Crippen molar-refractivity contribution < 1.29 is 9.53 Å². The van der Waals surface area contributed by atoms with Crippen molar-refractivity contribution in [2.45, 2.75) is 26.4 Å². The average molecular weight is 533 g/mol. The van der Waals surface area contributed by atoms with Crippen LogP contribution in [0.2, 0.25) is 0 Å². The van der Waals surface area contributed by atoms with E-state index in [0.29, 0.717) is 13.1 Å². The van der Waals surface area contributed by atoms with E-state index in [1.54, 1.807) is 4.90 Å². The molecule has 2 heterocycles. The maximum absolute atomic E-state index is 12.3. The third-order valence-corrected chi connectivity index (χ3v) is 6.54. The Bertz CT molecular complexity index is 1300. The number of aromatic nitrogens is 4. The van der Waals surface area contributed by atoms with Crippen LogP contribution in [-0.2, 0) is 22.6 Å². The van der Waals surface area contributed by atoms with Gasteiger partial charge in [0.05, 0.1) is 36.9 Å². The van der Waals surface area contributed by atoms with Crippen LogP contribution in [0.4, 0.5) is 0 Å². The first-order valence-electron chi connectivity index (χ1n) is 12.9. The number of nitrogens with zero attached hydrogens (tertiary/aromatic N) is 4. The molecule has 2 N–H and O–H groups in total. The Kier molecular flexibility index (Phi) is 9.75. The van der Waals surface area contributed by atoms with Gasteiger partial charge in [0, 0.05) is 26.0 Å². The highest BCUT2D eigenvalue weighted by Crippen LogP contribution is 2.27. The smallest absolute Gasteiger partial charge is 0.248 e. The summed E-state index contributed by atoms with van der Waals surface area (Å²) in [4.78, 5) is 32.1. The van der Waals surface area contributed by atoms with Gasteiger partial charge in [0.15, 0.2) is 0 Å². The lowest BCUT2D eigenvalue weighted by Gasteiger charge is -2.20. The fraction of sp³-hybridized carbons (Fsp3) is 0.345. The molecule has 0 aliphatic carbocycles. The van der Waals surface area contributed by atoms with E-state index in [1.165, 1.54) is 7.11 Å². The summed E-state index contributed by atoms with van der Waals surface area (Å²) >= 11 is 4.29. The largest absolute Gasteiger partial charge is 0.375 e. The van der Waals surface area contributed by atoms with Crippen molar-refractivity contribution in [1.82, 2.24) is 29.7 Å². The number of carbonyl (C=O) groups excluding carboxylic acids is 1. The zero-order valence-electron chi connectivity index (χ0n) is 22.3. The second kappa shape index (κ2) is 13.4. The lowest BCUT2D eigenvalue weighted by molar-refractivity contribution is -0.135. The third-order valence-electron chi connectivity index (χ3n) is 6.34. The number of nitrogens with one attached hydrogen (secondary N) is 2. The van der Waals surface area contributed by atoms with Crippen molar-refractivity contribution in [1.29, 1.82) is 0 Å². The molecule has 0 aliphatic heterocycles. The van der Waals surface area contributed by atoms with Crippen molar-refractivity contribution in [3.05, 3.63) is 72.6 Å². The number of methoxy groups -OCH3 is 1. The summed E-state index contributed by atoms with van der Waals surface area (Å²) in [6.45, 7) is 4.92. The second-order valence-corrected chi connectivity index (χ2v) is 9.80. The summed E-state index contributed by atoms with van der Waals surface area (Å²) in [6, 6.07) is 16.9. The molecule has 0 radical (unpaired) electrons. The van der Waals surface area contributed by atoms with Crippen molar-refractivity contribution in [2.24, 2.45) is 0 Å². The molecule has 0 atom stereocenters. The monoisotopic (exact) mass is 532 g/mol. The topological polar surface area (TPSA) is 90.1 Å². The van der Waals surface area contributed by atoms with E-state index in [-0.39, 0.29) is 12.5 Å². The summed E-state index contributed by atoms with van der Waals surface area (Å²) in [6.07, 6.45) is 4.59. The second-order valence-electron chi connectivity index (χ2n) is 9.35. The Morgan fingerprint density at radius 3 is 1.82 bits per heavy atom. The summed E-state index contributed by atoms with van der Waals surface area (Å²) in [5, 5.41) is 0. The number of H-pyrrole nitrogens is 2. The van der Waals surface area contributed by atoms with Crippen molar-refractivity contribution in [2.75, 3.05) is 39.6 Å². The molecule has 200 valence electrons. The van der Waals surface area contributed by atoms with Crippen molar-refractivity contribution >= 4 is 18.5 Å². The summed E-state index contributed by atoms with van der Waals surface area (Å²) in [7, 11) is 3.60. The quantitative estimate of drug-likeness (QED) is 0.214. The number of aromatic amines is 2. The molecule has 0 fully saturated rings. The molecule has 0 spiro atoms. The van der Waals surface area contributed by atoms with Crippen molar-refractivity contribution in [3.63, 3.8) is 0 Å². The molecular weight excluding hydrogens is 496 g/mol. The molecule has 2 aromatic heterocycles. The SMILES string of the molecule is CCCN(Cc1ncc(-c2ccc(-c3ccc(-c4cnc(CN(C)CCS)[nH]4)cc3)cc2)[nH]1)C(=O)COC. The maximum Gasteiger partial charge on any atom is 0.248 e. The normalized spacial score (nSPS) is 11.3. The van der Waals surface area contributed by atoms with Gasteiger partial charge in [-0.15, -0.1) is 0 Å². The molecule has 0 saturated carbocycles. The molecule has 0 bridgehead atoms. The number of benzene rings is 2. The van der Waals surface area contributed by atoms with Gasteiger partial charge in [-0.1, -0.05) is 55.5 Å². The van der Waals surface area contributed by atoms with Gasteiger partial charge in [-0.3, -0.25) is 9.69 Å². The lowest BCUT2D eigenvalue weighted by atomic mass is 10.0. The van der Waals surface area contributed by atoms with E-state index in [1.807, 2.05) is 12.4 Å². The van der Waals surface area contributed by atoms with Gasteiger partial charge in [-0.2, -0.15) is 12.6 Å². The Hall–Kier alpha value is -3.40. The zero-order valence-corrected chi connectivity index (χ0v) is 23.2. The van der Waals surface area contributed by atoms with E-state index in [4.69, 9.17) is 4.74 Å². The fourth-order valence-corrected chi connectivity index (χ4v) is 4.67. The van der Waals surface area contributed by atoms with Gasteiger partial charge in [0.2, 0.25) is 5.91 Å². The molecule has 0 saturated heterocycles. The number of amides is 1. The minimum atomic E-state index is -0.0347. The number of ether oxygens (including phenoxy) is 1. The molecule has 9 heteroatoms. The van der Waals surface area contributed by atoms with Crippen LogP contribution in [0, 0.1) is 0 Å². The summed E-state index contributed by atoms with van der Waals surface area (Å²) in [5.74, 6) is 2.50. The number of hydrogen-bond donors (Lipinski definition) is 3. The van der Waals surface area contributed by atoms with E-state index >= 15 is 0 Å². The molecule has 0 unspecified atom stereocenters. The highest BCUT2D eigenvalue weighted by molar-refractivity contribution is 7.80. The standard InChI is InChI=1S/C29H36N6O2S/c1-4-13-35(29(36)20-37-3)19-28-31-17-26(33-28)24-11-7-22(8-12-24)21-5-9-23(10-6-21)25-16-30-27(32-25)18-34(2)14-15-38/h5-12,16-17,38H,4,13-15,18-20H2,1-3H3,(H,30,32)(H,31,33). The van der Waals surface area contributed by atoms with Gasteiger partial charge in [-0.05, 0) is 35.7 Å². The fourth-order valence-electron chi connectivity index (χ4n) is 4.33. The van der Waals surface area contributed by atoms with Crippen LogP contribution >= 0.6 is 12.6 Å². The van der Waals surface area contributed by atoms with E-state index in [9.17, 15) is 4.79 Å². The van der Waals surface area contributed by atoms with Gasteiger partial charge in [0.1, 0.15) is 18.3 Å². The Balaban J connectivity index is 1.40.